The van der Waals surface area contributed by atoms with E-state index in [9.17, 15) is 13.2 Å². The zero-order valence-electron chi connectivity index (χ0n) is 17.9. The van der Waals surface area contributed by atoms with Crippen LogP contribution in [-0.2, 0) is 19.6 Å². The maximum absolute atomic E-state index is 13.2. The number of unbranched alkanes of at least 4 members (excludes halogenated alkanes) is 3. The number of halogens is 1. The standard InChI is InChI=1S/C23H29ClN2O4S/c1-3-30-22(27)12-6-4-5-9-15-25-23-18-10-7-8-11-20(18)26(2)31(28,29)21-16-17(24)13-14-19(21)23/h7-8,10-11,13-14,16,23,25H,3-6,9,12,15H2,1-2H3/t23-/m1/s1. The minimum atomic E-state index is -3.72. The smallest absolute Gasteiger partial charge is 0.305 e. The number of carbonyl (C=O) groups is 1. The SMILES string of the molecule is CCOC(=O)CCCCCCN[C@@H]1c2ccccc2N(C)S(=O)(=O)c2cc(Cl)ccc21. The van der Waals surface area contributed by atoms with Crippen molar-refractivity contribution in [3.63, 3.8) is 0 Å². The highest BCUT2D eigenvalue weighted by molar-refractivity contribution is 7.92. The van der Waals surface area contributed by atoms with Crippen molar-refractivity contribution in [2.75, 3.05) is 24.5 Å². The number of anilines is 1. The molecular weight excluding hydrogens is 436 g/mol. The molecule has 0 aromatic heterocycles. The summed E-state index contributed by atoms with van der Waals surface area (Å²) in [5.41, 5.74) is 2.27. The number of nitrogens with zero attached hydrogens (tertiary/aromatic N) is 1. The van der Waals surface area contributed by atoms with Crippen LogP contribution in [0.3, 0.4) is 0 Å². The molecule has 0 unspecified atom stereocenters. The van der Waals surface area contributed by atoms with E-state index in [0.29, 0.717) is 29.3 Å². The van der Waals surface area contributed by atoms with E-state index in [1.54, 1.807) is 19.2 Å². The molecule has 1 aliphatic heterocycles. The highest BCUT2D eigenvalue weighted by atomic mass is 35.5. The van der Waals surface area contributed by atoms with Crippen LogP contribution >= 0.6 is 11.6 Å². The molecule has 2 aromatic rings. The van der Waals surface area contributed by atoms with E-state index in [1.807, 2.05) is 31.2 Å². The van der Waals surface area contributed by atoms with E-state index < -0.39 is 10.0 Å². The molecule has 1 atom stereocenters. The Morgan fingerprint density at radius 1 is 1.10 bits per heavy atom. The fourth-order valence-electron chi connectivity index (χ4n) is 3.88. The van der Waals surface area contributed by atoms with E-state index in [2.05, 4.69) is 5.32 Å². The van der Waals surface area contributed by atoms with Gasteiger partial charge in [0.05, 0.1) is 23.2 Å². The van der Waals surface area contributed by atoms with Gasteiger partial charge in [-0.2, -0.15) is 0 Å². The van der Waals surface area contributed by atoms with Gasteiger partial charge >= 0.3 is 5.97 Å². The Balaban J connectivity index is 1.73. The van der Waals surface area contributed by atoms with Crippen molar-refractivity contribution < 1.29 is 17.9 Å². The summed E-state index contributed by atoms with van der Waals surface area (Å²) in [6.07, 6.45) is 4.12. The van der Waals surface area contributed by atoms with Gasteiger partial charge in [-0.1, -0.05) is 48.7 Å². The summed E-state index contributed by atoms with van der Waals surface area (Å²) in [4.78, 5) is 11.6. The maximum atomic E-state index is 13.2. The van der Waals surface area contributed by atoms with Gasteiger partial charge in [-0.3, -0.25) is 9.10 Å². The lowest BCUT2D eigenvalue weighted by molar-refractivity contribution is -0.143. The van der Waals surface area contributed by atoms with Gasteiger partial charge in [0.15, 0.2) is 0 Å². The van der Waals surface area contributed by atoms with Crippen molar-refractivity contribution in [1.29, 1.82) is 0 Å². The number of ether oxygens (including phenoxy) is 1. The number of rotatable bonds is 9. The first-order chi connectivity index (χ1) is 14.9. The van der Waals surface area contributed by atoms with E-state index in [0.717, 1.165) is 37.8 Å². The lowest BCUT2D eigenvalue weighted by atomic mass is 9.96. The molecule has 3 rings (SSSR count). The van der Waals surface area contributed by atoms with Crippen molar-refractivity contribution >= 4 is 33.3 Å². The molecule has 0 radical (unpaired) electrons. The summed E-state index contributed by atoms with van der Waals surface area (Å²) >= 11 is 6.14. The molecule has 0 amide bonds. The van der Waals surface area contributed by atoms with Gasteiger partial charge in [0.1, 0.15) is 0 Å². The molecule has 1 N–H and O–H groups in total. The molecule has 0 aliphatic carbocycles. The Hall–Kier alpha value is -2.09. The van der Waals surface area contributed by atoms with Crippen molar-refractivity contribution in [3.05, 3.63) is 58.6 Å². The first kappa shape index (κ1) is 23.6. The number of carbonyl (C=O) groups excluding carboxylic acids is 1. The predicted octanol–water partition coefficient (Wildman–Crippen LogP) is 4.67. The number of benzene rings is 2. The van der Waals surface area contributed by atoms with Crippen LogP contribution in [0.15, 0.2) is 47.4 Å². The normalized spacial score (nSPS) is 16.9. The monoisotopic (exact) mass is 464 g/mol. The molecular formula is C23H29ClN2O4S. The number of nitrogens with one attached hydrogen (secondary N) is 1. The molecule has 1 heterocycles. The molecule has 2 aromatic carbocycles. The summed E-state index contributed by atoms with van der Waals surface area (Å²) in [7, 11) is -2.14. The Morgan fingerprint density at radius 2 is 1.84 bits per heavy atom. The van der Waals surface area contributed by atoms with Gasteiger partial charge in [0.2, 0.25) is 0 Å². The maximum Gasteiger partial charge on any atom is 0.305 e. The van der Waals surface area contributed by atoms with Crippen LogP contribution in [-0.4, -0.2) is 34.6 Å². The van der Waals surface area contributed by atoms with Crippen molar-refractivity contribution in [2.45, 2.75) is 50.0 Å². The second-order valence-electron chi connectivity index (χ2n) is 7.57. The summed E-state index contributed by atoms with van der Waals surface area (Å²) < 4.78 is 32.7. The Morgan fingerprint density at radius 3 is 2.61 bits per heavy atom. The van der Waals surface area contributed by atoms with E-state index in [1.165, 1.54) is 10.4 Å². The Kier molecular flexibility index (Phi) is 7.97. The zero-order valence-corrected chi connectivity index (χ0v) is 19.5. The van der Waals surface area contributed by atoms with Gasteiger partial charge in [-0.15, -0.1) is 0 Å². The molecule has 0 spiro atoms. The van der Waals surface area contributed by atoms with Gasteiger partial charge in [-0.05, 0) is 55.6 Å². The van der Waals surface area contributed by atoms with Crippen LogP contribution in [0.5, 0.6) is 0 Å². The van der Waals surface area contributed by atoms with Gasteiger partial charge in [0.25, 0.3) is 10.0 Å². The molecule has 1 aliphatic rings. The second kappa shape index (κ2) is 10.5. The second-order valence-corrected chi connectivity index (χ2v) is 9.94. The number of fused-ring (bicyclic) bond motifs is 2. The summed E-state index contributed by atoms with van der Waals surface area (Å²) in [5, 5.41) is 3.94. The van der Waals surface area contributed by atoms with Gasteiger partial charge < -0.3 is 10.1 Å². The number of sulfonamides is 1. The average Bonchev–Trinajstić information content (AvgIpc) is 2.81. The predicted molar refractivity (Wildman–Crippen MR) is 123 cm³/mol. The summed E-state index contributed by atoms with van der Waals surface area (Å²) in [5.74, 6) is -0.142. The van der Waals surface area contributed by atoms with Crippen LogP contribution < -0.4 is 9.62 Å². The van der Waals surface area contributed by atoms with Crippen LogP contribution in [0.2, 0.25) is 5.02 Å². The van der Waals surface area contributed by atoms with Gasteiger partial charge in [0, 0.05) is 18.5 Å². The first-order valence-electron chi connectivity index (χ1n) is 10.6. The Bertz CT molecular complexity index is 1030. The lowest BCUT2D eigenvalue weighted by Crippen LogP contribution is -2.26. The van der Waals surface area contributed by atoms with E-state index >= 15 is 0 Å². The quantitative estimate of drug-likeness (QED) is 0.431. The topological polar surface area (TPSA) is 75.7 Å². The van der Waals surface area contributed by atoms with E-state index in [-0.39, 0.29) is 16.9 Å². The highest BCUT2D eigenvalue weighted by Gasteiger charge is 2.34. The minimum Gasteiger partial charge on any atom is -0.466 e. The van der Waals surface area contributed by atoms with Crippen molar-refractivity contribution in [2.24, 2.45) is 0 Å². The van der Waals surface area contributed by atoms with Crippen LogP contribution in [0, 0.1) is 0 Å². The molecule has 31 heavy (non-hydrogen) atoms. The minimum absolute atomic E-state index is 0.142. The largest absolute Gasteiger partial charge is 0.466 e. The third-order valence-electron chi connectivity index (χ3n) is 5.47. The number of hydrogen-bond acceptors (Lipinski definition) is 5. The van der Waals surface area contributed by atoms with Crippen molar-refractivity contribution in [3.8, 4) is 0 Å². The zero-order chi connectivity index (χ0) is 22.4. The highest BCUT2D eigenvalue weighted by Crippen LogP contribution is 2.40. The molecule has 0 bridgehead atoms. The fraction of sp³-hybridized carbons (Fsp3) is 0.435. The molecule has 6 nitrogen and oxygen atoms in total. The summed E-state index contributed by atoms with van der Waals surface area (Å²) in [6.45, 7) is 2.96. The molecule has 8 heteroatoms. The average molecular weight is 465 g/mol. The van der Waals surface area contributed by atoms with Gasteiger partial charge in [-0.25, -0.2) is 8.42 Å². The third-order valence-corrected chi connectivity index (χ3v) is 7.54. The number of para-hydroxylation sites is 1. The lowest BCUT2D eigenvalue weighted by Gasteiger charge is -2.22. The molecule has 168 valence electrons. The number of hydrogen-bond donors (Lipinski definition) is 1. The number of esters is 1. The Labute approximate surface area is 189 Å². The first-order valence-corrected chi connectivity index (χ1v) is 12.4. The molecule has 0 saturated heterocycles. The van der Waals surface area contributed by atoms with Crippen molar-refractivity contribution in [1.82, 2.24) is 5.32 Å². The third kappa shape index (κ3) is 5.40. The van der Waals surface area contributed by atoms with Crippen LogP contribution in [0.1, 0.15) is 56.2 Å². The molecule has 0 fully saturated rings. The van der Waals surface area contributed by atoms with Crippen LogP contribution in [0.4, 0.5) is 5.69 Å². The van der Waals surface area contributed by atoms with Crippen LogP contribution in [0.25, 0.3) is 0 Å². The van der Waals surface area contributed by atoms with E-state index in [4.69, 9.17) is 16.3 Å². The molecule has 0 saturated carbocycles. The fourth-order valence-corrected chi connectivity index (χ4v) is 5.60. The summed E-state index contributed by atoms with van der Waals surface area (Å²) in [6, 6.07) is 12.3.